The molecule has 11 nitrogen and oxygen atoms in total. The highest BCUT2D eigenvalue weighted by atomic mass is 16.6. The molecule has 0 saturated heterocycles. The van der Waals surface area contributed by atoms with Crippen molar-refractivity contribution in [3.8, 4) is 11.5 Å². The molecule has 0 heterocycles. The Labute approximate surface area is 118 Å². The second-order valence-corrected chi connectivity index (χ2v) is 3.60. The van der Waals surface area contributed by atoms with Crippen LogP contribution in [0.4, 0.5) is 5.69 Å². The van der Waals surface area contributed by atoms with Gasteiger partial charge >= 0.3 is 5.69 Å². The van der Waals surface area contributed by atoms with Crippen LogP contribution in [0.25, 0.3) is 0 Å². The Bertz CT molecular complexity index is 549. The van der Waals surface area contributed by atoms with E-state index in [0.29, 0.717) is 0 Å². The van der Waals surface area contributed by atoms with Crippen molar-refractivity contribution in [1.29, 1.82) is 0 Å². The second-order valence-electron chi connectivity index (χ2n) is 3.60. The summed E-state index contributed by atoms with van der Waals surface area (Å²) in [5.74, 6) is 8.40. The van der Waals surface area contributed by atoms with Crippen LogP contribution in [0, 0.1) is 10.1 Å². The van der Waals surface area contributed by atoms with Crippen molar-refractivity contribution in [2.45, 2.75) is 0 Å². The van der Waals surface area contributed by atoms with Crippen molar-refractivity contribution < 1.29 is 24.0 Å². The van der Waals surface area contributed by atoms with Gasteiger partial charge in [-0.25, -0.2) is 11.7 Å². The third-order valence-corrected chi connectivity index (χ3v) is 2.18. The van der Waals surface area contributed by atoms with Crippen LogP contribution in [0.3, 0.4) is 0 Å². The average molecular weight is 299 g/mol. The lowest BCUT2D eigenvalue weighted by molar-refractivity contribution is -0.385. The van der Waals surface area contributed by atoms with Crippen LogP contribution in [-0.2, 0) is 9.59 Å². The van der Waals surface area contributed by atoms with E-state index in [4.69, 9.17) is 21.2 Å². The molecule has 11 heteroatoms. The number of amides is 2. The number of benzene rings is 1. The van der Waals surface area contributed by atoms with Crippen molar-refractivity contribution in [3.05, 3.63) is 28.3 Å². The SMILES string of the molecule is NNC(=O)COc1ccc(OCC(=O)NN)c([N+](=O)[O-])c1. The lowest BCUT2D eigenvalue weighted by Gasteiger charge is -2.08. The van der Waals surface area contributed by atoms with Gasteiger partial charge in [0.15, 0.2) is 19.0 Å². The van der Waals surface area contributed by atoms with Gasteiger partial charge in [-0.1, -0.05) is 0 Å². The Morgan fingerprint density at radius 2 is 1.71 bits per heavy atom. The largest absolute Gasteiger partial charge is 0.483 e. The molecule has 0 fully saturated rings. The minimum absolute atomic E-state index is 0.0703. The van der Waals surface area contributed by atoms with Crippen molar-refractivity contribution in [1.82, 2.24) is 10.9 Å². The van der Waals surface area contributed by atoms with Gasteiger partial charge in [-0.15, -0.1) is 0 Å². The molecule has 6 N–H and O–H groups in total. The summed E-state index contributed by atoms with van der Waals surface area (Å²) in [6.07, 6.45) is 0. The number of nitro groups is 1. The maximum Gasteiger partial charge on any atom is 0.314 e. The fraction of sp³-hybridized carbons (Fsp3) is 0.200. The molecule has 1 aromatic rings. The minimum Gasteiger partial charge on any atom is -0.483 e. The third kappa shape index (κ3) is 4.93. The summed E-state index contributed by atoms with van der Waals surface area (Å²) in [4.78, 5) is 32.0. The summed E-state index contributed by atoms with van der Waals surface area (Å²) in [6, 6.07) is 3.63. The fourth-order valence-electron chi connectivity index (χ4n) is 1.23. The van der Waals surface area contributed by atoms with E-state index >= 15 is 0 Å². The van der Waals surface area contributed by atoms with Gasteiger partial charge in [-0.05, 0) is 12.1 Å². The number of hydrogen-bond donors (Lipinski definition) is 4. The number of carbonyl (C=O) groups excluding carboxylic acids is 2. The molecule has 0 aliphatic rings. The molecule has 0 aliphatic heterocycles. The zero-order valence-electron chi connectivity index (χ0n) is 10.7. The number of nitrogens with one attached hydrogen (secondary N) is 2. The number of carbonyl (C=O) groups is 2. The minimum atomic E-state index is -0.717. The lowest BCUT2D eigenvalue weighted by atomic mass is 10.3. The maximum atomic E-state index is 10.9. The van der Waals surface area contributed by atoms with E-state index in [1.807, 2.05) is 10.9 Å². The molecule has 1 rings (SSSR count). The standard InChI is InChI=1S/C10H13N5O6/c11-13-9(16)4-20-6-1-2-8(7(3-6)15(18)19)21-5-10(17)14-12/h1-3H,4-5,11-12H2,(H,13,16)(H,14,17). The number of hydrogen-bond acceptors (Lipinski definition) is 8. The molecule has 0 unspecified atom stereocenters. The number of nitrogens with zero attached hydrogens (tertiary/aromatic N) is 1. The quantitative estimate of drug-likeness (QED) is 0.200. The van der Waals surface area contributed by atoms with Gasteiger partial charge in [0.05, 0.1) is 11.0 Å². The van der Waals surface area contributed by atoms with Crippen LogP contribution in [-0.4, -0.2) is 30.0 Å². The van der Waals surface area contributed by atoms with Crippen molar-refractivity contribution >= 4 is 17.5 Å². The summed E-state index contributed by atoms with van der Waals surface area (Å²) < 4.78 is 9.96. The Kier molecular flexibility index (Phi) is 5.85. The highest BCUT2D eigenvalue weighted by Gasteiger charge is 2.18. The van der Waals surface area contributed by atoms with Crippen LogP contribution < -0.4 is 32.0 Å². The van der Waals surface area contributed by atoms with Gasteiger partial charge in [0.1, 0.15) is 5.75 Å². The van der Waals surface area contributed by atoms with Crippen LogP contribution >= 0.6 is 0 Å². The summed E-state index contributed by atoms with van der Waals surface area (Å²) in [7, 11) is 0. The van der Waals surface area contributed by atoms with Crippen LogP contribution in [0.15, 0.2) is 18.2 Å². The Hall–Kier alpha value is -2.92. The zero-order valence-corrected chi connectivity index (χ0v) is 10.7. The first-order valence-corrected chi connectivity index (χ1v) is 5.51. The topological polar surface area (TPSA) is 172 Å². The van der Waals surface area contributed by atoms with Gasteiger partial charge in [-0.2, -0.15) is 0 Å². The molecule has 0 spiro atoms. The molecule has 0 bridgehead atoms. The van der Waals surface area contributed by atoms with Gasteiger partial charge < -0.3 is 9.47 Å². The molecule has 0 aromatic heterocycles. The summed E-state index contributed by atoms with van der Waals surface area (Å²) in [6.45, 7) is -0.878. The number of nitrogens with two attached hydrogens (primary N) is 2. The van der Waals surface area contributed by atoms with E-state index in [-0.39, 0.29) is 11.5 Å². The summed E-state index contributed by atoms with van der Waals surface area (Å²) >= 11 is 0. The number of hydrazine groups is 2. The number of rotatable bonds is 7. The first kappa shape index (κ1) is 16.1. The normalized spacial score (nSPS) is 9.62. The van der Waals surface area contributed by atoms with Crippen LogP contribution in [0.1, 0.15) is 0 Å². The smallest absolute Gasteiger partial charge is 0.314 e. The first-order chi connectivity index (χ1) is 9.97. The molecule has 2 amide bonds. The fourth-order valence-corrected chi connectivity index (χ4v) is 1.23. The summed E-state index contributed by atoms with van der Waals surface area (Å²) in [5, 5.41) is 10.9. The molecule has 1 aromatic carbocycles. The molecule has 0 atom stereocenters. The van der Waals surface area contributed by atoms with Crippen molar-refractivity contribution in [3.63, 3.8) is 0 Å². The van der Waals surface area contributed by atoms with E-state index in [0.717, 1.165) is 6.07 Å². The predicted molar refractivity (Wildman–Crippen MR) is 68.7 cm³/mol. The Morgan fingerprint density at radius 3 is 2.24 bits per heavy atom. The predicted octanol–water partition coefficient (Wildman–Crippen LogP) is -1.67. The van der Waals surface area contributed by atoms with Gasteiger partial charge in [0.2, 0.25) is 0 Å². The zero-order chi connectivity index (χ0) is 15.8. The van der Waals surface area contributed by atoms with Crippen LogP contribution in [0.2, 0.25) is 0 Å². The Morgan fingerprint density at radius 1 is 1.14 bits per heavy atom. The molecule has 0 saturated carbocycles. The molecule has 114 valence electrons. The van der Waals surface area contributed by atoms with Gasteiger partial charge in [-0.3, -0.25) is 30.6 Å². The third-order valence-electron chi connectivity index (χ3n) is 2.18. The van der Waals surface area contributed by atoms with Gasteiger partial charge in [0.25, 0.3) is 11.8 Å². The number of ether oxygens (including phenoxy) is 2. The van der Waals surface area contributed by atoms with E-state index < -0.39 is 35.6 Å². The van der Waals surface area contributed by atoms with E-state index in [1.54, 1.807) is 0 Å². The van der Waals surface area contributed by atoms with Crippen LogP contribution in [0.5, 0.6) is 11.5 Å². The highest BCUT2D eigenvalue weighted by Crippen LogP contribution is 2.31. The monoisotopic (exact) mass is 299 g/mol. The second kappa shape index (κ2) is 7.62. The average Bonchev–Trinajstić information content (AvgIpc) is 2.50. The van der Waals surface area contributed by atoms with E-state index in [1.165, 1.54) is 12.1 Å². The molecular formula is C10H13N5O6. The molecule has 21 heavy (non-hydrogen) atoms. The lowest BCUT2D eigenvalue weighted by Crippen LogP contribution is -2.34. The Balaban J connectivity index is 2.83. The number of nitro benzene ring substituents is 1. The molecular weight excluding hydrogens is 286 g/mol. The highest BCUT2D eigenvalue weighted by molar-refractivity contribution is 5.77. The van der Waals surface area contributed by atoms with Gasteiger partial charge in [0, 0.05) is 0 Å². The van der Waals surface area contributed by atoms with Crippen molar-refractivity contribution in [2.75, 3.05) is 13.2 Å². The van der Waals surface area contributed by atoms with Crippen molar-refractivity contribution in [2.24, 2.45) is 11.7 Å². The van der Waals surface area contributed by atoms with E-state index in [2.05, 4.69) is 0 Å². The first-order valence-electron chi connectivity index (χ1n) is 5.51. The molecule has 0 aliphatic carbocycles. The molecule has 0 radical (unpaired) electrons. The maximum absolute atomic E-state index is 10.9. The van der Waals surface area contributed by atoms with E-state index in [9.17, 15) is 19.7 Å². The summed E-state index contributed by atoms with van der Waals surface area (Å²) in [5.41, 5.74) is 3.24.